The molecule has 3 aliphatic carbocycles. The lowest BCUT2D eigenvalue weighted by molar-refractivity contribution is 0.331. The molecule has 13 rings (SSSR count). The van der Waals surface area contributed by atoms with E-state index in [4.69, 9.17) is 0 Å². The van der Waals surface area contributed by atoms with Gasteiger partial charge in [0.2, 0.25) is 0 Å². The van der Waals surface area contributed by atoms with Crippen LogP contribution < -0.4 is 30.4 Å². The van der Waals surface area contributed by atoms with Crippen molar-refractivity contribution in [2.45, 2.75) is 187 Å². The van der Waals surface area contributed by atoms with E-state index in [9.17, 15) is 0 Å². The third-order valence-electron chi connectivity index (χ3n) is 20.3. The van der Waals surface area contributed by atoms with Crippen molar-refractivity contribution in [3.05, 3.63) is 178 Å². The molecule has 0 unspecified atom stereocenters. The van der Waals surface area contributed by atoms with E-state index in [1.807, 2.05) is 0 Å². The number of anilines is 9. The highest BCUT2D eigenvalue weighted by Gasteiger charge is 2.51. The molecule has 1 aromatic heterocycles. The number of aryl methyl sites for hydroxylation is 1. The minimum Gasteiger partial charge on any atom is -0.311 e. The molecule has 2 aliphatic heterocycles. The topological polar surface area (TPSA) is 9.72 Å². The van der Waals surface area contributed by atoms with E-state index < -0.39 is 0 Å². The largest absolute Gasteiger partial charge is 0.311 e. The van der Waals surface area contributed by atoms with Crippen LogP contribution in [-0.2, 0) is 37.9 Å². The fourth-order valence-corrected chi connectivity index (χ4v) is 16.4. The van der Waals surface area contributed by atoms with Crippen molar-refractivity contribution in [2.75, 3.05) is 14.7 Å². The lowest BCUT2D eigenvalue weighted by Crippen LogP contribution is -2.61. The van der Waals surface area contributed by atoms with Crippen LogP contribution in [-0.4, -0.2) is 6.71 Å². The van der Waals surface area contributed by atoms with Crippen LogP contribution in [0.5, 0.6) is 0 Å². The summed E-state index contributed by atoms with van der Waals surface area (Å²) in [5, 5.41) is 1.37. The molecule has 0 saturated heterocycles. The van der Waals surface area contributed by atoms with Gasteiger partial charge in [-0.3, -0.25) is 0 Å². The van der Waals surface area contributed by atoms with Crippen molar-refractivity contribution in [2.24, 2.45) is 0 Å². The number of nitrogens with zero attached hydrogens (tertiary/aromatic N) is 3. The van der Waals surface area contributed by atoms with Gasteiger partial charge in [0.15, 0.2) is 0 Å². The first-order chi connectivity index (χ1) is 36.7. The van der Waals surface area contributed by atoms with Crippen LogP contribution in [0.25, 0.3) is 10.1 Å². The van der Waals surface area contributed by atoms with Crippen molar-refractivity contribution >= 4 is 95.0 Å². The van der Waals surface area contributed by atoms with Gasteiger partial charge < -0.3 is 14.7 Å². The second-order valence-corrected chi connectivity index (χ2v) is 30.5. The molecule has 78 heavy (non-hydrogen) atoms. The van der Waals surface area contributed by atoms with Gasteiger partial charge in [-0.15, -0.1) is 11.3 Å². The molecule has 5 aliphatic rings. The summed E-state index contributed by atoms with van der Waals surface area (Å²) in [7, 11) is 0. The molecule has 0 N–H and O–H groups in total. The van der Waals surface area contributed by atoms with Crippen LogP contribution in [0.4, 0.5) is 51.2 Å². The molecule has 398 valence electrons. The van der Waals surface area contributed by atoms with Gasteiger partial charge in [-0.1, -0.05) is 171 Å². The molecular weight excluding hydrogens is 962 g/mol. The van der Waals surface area contributed by atoms with Gasteiger partial charge in [-0.2, -0.15) is 0 Å². The maximum atomic E-state index is 2.83. The highest BCUT2D eigenvalue weighted by atomic mass is 32.1. The SMILES string of the molecule is Cc1cc2c(cc1N1c3cc(N(c4ccccc4)c4ccccc4)cc4c3B(c3ccc5c(c31)C(C)(C)CCC5(C)C)c1sc3cc5c(cc3c1N4c1ccc(C(C)(C)C)cc1)C(C)(C)CCC5(C)C)C(C)(C)CCC2(C)C. The van der Waals surface area contributed by atoms with E-state index in [0.717, 1.165) is 36.3 Å². The summed E-state index contributed by atoms with van der Waals surface area (Å²) in [5.41, 5.74) is 26.0. The highest BCUT2D eigenvalue weighted by Crippen LogP contribution is 2.58. The Morgan fingerprint density at radius 1 is 0.462 bits per heavy atom. The van der Waals surface area contributed by atoms with Crippen LogP contribution in [0, 0.1) is 6.92 Å². The number of fused-ring (bicyclic) bond motifs is 10. The zero-order chi connectivity index (χ0) is 55.0. The van der Waals surface area contributed by atoms with E-state index in [1.54, 1.807) is 0 Å². The fourth-order valence-electron chi connectivity index (χ4n) is 15.1. The van der Waals surface area contributed by atoms with Gasteiger partial charge in [0.1, 0.15) is 0 Å². The van der Waals surface area contributed by atoms with Crippen molar-refractivity contribution in [3.8, 4) is 0 Å². The van der Waals surface area contributed by atoms with E-state index in [0.29, 0.717) is 0 Å². The molecule has 3 heterocycles. The standard InChI is InChI=1S/C73H82BN3S/c1-45-39-53-55(71(11,12)35-33-69(53,7)8)43-58(45)77-60-41-50(75(47-23-19-17-20-24-47)48-25-21-18-22-26-48)40-59-63(60)74(57-32-31-52-62(65(57)77)73(15,16)38-37-68(52,5)6)66-64(76(59)49-29-27-46(28-30-49)67(2,3)4)51-42-54-56(44-61(51)78-66)72(13,14)36-34-70(54,9)10/h17-32,39-44H,33-38H2,1-16H3. The number of para-hydroxylation sites is 2. The molecule has 3 nitrogen and oxygen atoms in total. The molecule has 0 amide bonds. The summed E-state index contributed by atoms with van der Waals surface area (Å²) in [6.07, 6.45) is 6.99. The monoisotopic (exact) mass is 1040 g/mol. The van der Waals surface area contributed by atoms with Gasteiger partial charge in [0.05, 0.1) is 11.4 Å². The Labute approximate surface area is 472 Å². The third kappa shape index (κ3) is 7.69. The molecule has 8 aromatic rings. The molecule has 0 bridgehead atoms. The lowest BCUT2D eigenvalue weighted by Gasteiger charge is -2.50. The summed E-state index contributed by atoms with van der Waals surface area (Å²) >= 11 is 2.07. The number of benzene rings is 7. The van der Waals surface area contributed by atoms with Crippen molar-refractivity contribution in [1.82, 2.24) is 0 Å². The molecule has 0 radical (unpaired) electrons. The Morgan fingerprint density at radius 3 is 1.50 bits per heavy atom. The first kappa shape index (κ1) is 51.4. The number of rotatable bonds is 5. The Kier molecular flexibility index (Phi) is 11.2. The summed E-state index contributed by atoms with van der Waals surface area (Å²) in [6, 6.07) is 52.8. The highest BCUT2D eigenvalue weighted by molar-refractivity contribution is 7.33. The quantitative estimate of drug-likeness (QED) is 0.159. The molecule has 0 saturated carbocycles. The fraction of sp³-hybridized carbons (Fsp3) is 0.397. The second kappa shape index (κ2) is 17.0. The van der Waals surface area contributed by atoms with E-state index >= 15 is 0 Å². The Hall–Kier alpha value is -6.04. The zero-order valence-corrected chi connectivity index (χ0v) is 50.6. The Balaban J connectivity index is 1.23. The van der Waals surface area contributed by atoms with Crippen molar-refractivity contribution < 1.29 is 0 Å². The minimum atomic E-state index is -0.0788. The lowest BCUT2D eigenvalue weighted by atomic mass is 9.35. The average molecular weight is 1040 g/mol. The van der Waals surface area contributed by atoms with E-state index in [-0.39, 0.29) is 44.6 Å². The molecule has 0 atom stereocenters. The maximum absolute atomic E-state index is 2.83. The van der Waals surface area contributed by atoms with Crippen molar-refractivity contribution in [3.63, 3.8) is 0 Å². The maximum Gasteiger partial charge on any atom is 0.264 e. The van der Waals surface area contributed by atoms with E-state index in [2.05, 4.69) is 270 Å². The summed E-state index contributed by atoms with van der Waals surface area (Å²) in [5.74, 6) is 0. The zero-order valence-electron chi connectivity index (χ0n) is 49.8. The second-order valence-electron chi connectivity index (χ2n) is 29.4. The summed E-state index contributed by atoms with van der Waals surface area (Å²) in [6.45, 7) is 39.5. The van der Waals surface area contributed by atoms with Crippen LogP contribution >= 0.6 is 11.3 Å². The van der Waals surface area contributed by atoms with Crippen LogP contribution in [0.1, 0.15) is 187 Å². The normalized spacial score (nSPS) is 19.5. The van der Waals surface area contributed by atoms with Crippen molar-refractivity contribution in [1.29, 1.82) is 0 Å². The van der Waals surface area contributed by atoms with Crippen LogP contribution in [0.15, 0.2) is 133 Å². The summed E-state index contributed by atoms with van der Waals surface area (Å²) < 4.78 is 2.84. The first-order valence-corrected chi connectivity index (χ1v) is 30.2. The predicted molar refractivity (Wildman–Crippen MR) is 340 cm³/mol. The molecule has 7 aromatic carbocycles. The Morgan fingerprint density at radius 2 is 0.949 bits per heavy atom. The van der Waals surface area contributed by atoms with Crippen LogP contribution in [0.3, 0.4) is 0 Å². The van der Waals surface area contributed by atoms with Crippen LogP contribution in [0.2, 0.25) is 0 Å². The van der Waals surface area contributed by atoms with Gasteiger partial charge >= 0.3 is 0 Å². The molecule has 0 fully saturated rings. The molecule has 0 spiro atoms. The number of hydrogen-bond acceptors (Lipinski definition) is 4. The summed E-state index contributed by atoms with van der Waals surface area (Å²) in [4.78, 5) is 8.07. The number of hydrogen-bond donors (Lipinski definition) is 0. The average Bonchev–Trinajstić information content (AvgIpc) is 2.47. The Bertz CT molecular complexity index is 3710. The first-order valence-electron chi connectivity index (χ1n) is 29.4. The number of thiophene rings is 1. The predicted octanol–water partition coefficient (Wildman–Crippen LogP) is 19.1. The smallest absolute Gasteiger partial charge is 0.264 e. The van der Waals surface area contributed by atoms with Gasteiger partial charge in [0, 0.05) is 54.7 Å². The van der Waals surface area contributed by atoms with E-state index in [1.165, 1.54) is 124 Å². The molecular formula is C73H82BN3S. The third-order valence-corrected chi connectivity index (χ3v) is 21.5. The van der Waals surface area contributed by atoms with Gasteiger partial charge in [0.25, 0.3) is 6.71 Å². The van der Waals surface area contributed by atoms with Gasteiger partial charge in [-0.05, 0) is 206 Å². The molecule has 5 heteroatoms. The minimum absolute atomic E-state index is 0.00723. The van der Waals surface area contributed by atoms with Gasteiger partial charge in [-0.25, -0.2) is 0 Å².